The molecule has 0 aliphatic heterocycles. The van der Waals surface area contributed by atoms with Crippen LogP contribution in [0, 0.1) is 0 Å². The summed E-state index contributed by atoms with van der Waals surface area (Å²) in [6, 6.07) is 10.2. The molecule has 2 N–H and O–H groups in total. The minimum Gasteiger partial charge on any atom is -0.465 e. The van der Waals surface area contributed by atoms with Crippen LogP contribution in [0.2, 0.25) is 0 Å². The van der Waals surface area contributed by atoms with Crippen molar-refractivity contribution in [2.75, 3.05) is 17.7 Å². The second-order valence-electron chi connectivity index (χ2n) is 7.47. The maximum atomic E-state index is 13.7. The zero-order valence-electron chi connectivity index (χ0n) is 18.9. The first kappa shape index (κ1) is 27.1. The van der Waals surface area contributed by atoms with E-state index in [1.54, 1.807) is 18.2 Å². The molecule has 4 rings (SSSR count). The smallest absolute Gasteiger partial charge is 0.434 e. The Balaban J connectivity index is 1.64. The summed E-state index contributed by atoms with van der Waals surface area (Å²) >= 11 is 1.36. The number of carbonyl (C=O) groups excluding carboxylic acids is 2. The molecule has 2 aromatic heterocycles. The van der Waals surface area contributed by atoms with Gasteiger partial charge in [-0.3, -0.25) is 10.1 Å². The zero-order valence-corrected chi connectivity index (χ0v) is 20.5. The Morgan fingerprint density at radius 2 is 1.61 bits per heavy atom. The highest BCUT2D eigenvalue weighted by molar-refractivity contribution is 7.20. The molecule has 38 heavy (non-hydrogen) atoms. The highest BCUT2D eigenvalue weighted by Crippen LogP contribution is 2.43. The molecule has 0 aliphatic rings. The van der Waals surface area contributed by atoms with Gasteiger partial charge < -0.3 is 10.1 Å². The molecule has 4 aromatic rings. The number of ether oxygens (including phenoxy) is 1. The van der Waals surface area contributed by atoms with Gasteiger partial charge in [-0.25, -0.2) is 14.8 Å². The summed E-state index contributed by atoms with van der Waals surface area (Å²) in [5.74, 6) is -1.67. The van der Waals surface area contributed by atoms with Crippen molar-refractivity contribution in [3.63, 3.8) is 0 Å². The molecule has 2 aromatic carbocycles. The fourth-order valence-corrected chi connectivity index (χ4v) is 4.89. The second kappa shape index (κ2) is 10.4. The maximum Gasteiger partial charge on any atom is 0.434 e. The molecule has 0 unspecified atom stereocenters. The summed E-state index contributed by atoms with van der Waals surface area (Å²) in [5, 5.41) is 5.79. The average Bonchev–Trinajstić information content (AvgIpc) is 3.50. The lowest BCUT2D eigenvalue weighted by Crippen LogP contribution is -2.12. The summed E-state index contributed by atoms with van der Waals surface area (Å²) < 4.78 is 85.5. The SMILES string of the molecule is COC(=O)c1cc(Nc2nc(-c3sc(NC(=O)c4ccccc4)nc3C(F)(F)F)cs2)cc(C(F)(F)F)c1. The number of aromatic nitrogens is 2. The average molecular weight is 573 g/mol. The van der Waals surface area contributed by atoms with Gasteiger partial charge in [-0.05, 0) is 30.3 Å². The van der Waals surface area contributed by atoms with Gasteiger partial charge >= 0.3 is 18.3 Å². The molecular weight excluding hydrogens is 558 g/mol. The Bertz CT molecular complexity index is 1480. The molecule has 0 bridgehead atoms. The fraction of sp³-hybridized carbons (Fsp3) is 0.130. The van der Waals surface area contributed by atoms with Crippen LogP contribution in [0.15, 0.2) is 53.9 Å². The highest BCUT2D eigenvalue weighted by atomic mass is 32.1. The quantitative estimate of drug-likeness (QED) is 0.189. The number of hydrogen-bond acceptors (Lipinski definition) is 8. The topological polar surface area (TPSA) is 93.2 Å². The van der Waals surface area contributed by atoms with Gasteiger partial charge in [0.2, 0.25) is 0 Å². The molecule has 15 heteroatoms. The van der Waals surface area contributed by atoms with Crippen molar-refractivity contribution in [1.29, 1.82) is 0 Å². The van der Waals surface area contributed by atoms with E-state index in [-0.39, 0.29) is 32.8 Å². The number of esters is 1. The van der Waals surface area contributed by atoms with Crippen LogP contribution in [0.25, 0.3) is 10.6 Å². The minimum atomic E-state index is -4.88. The van der Waals surface area contributed by atoms with Gasteiger partial charge in [-0.15, -0.1) is 11.3 Å². The van der Waals surface area contributed by atoms with E-state index in [1.165, 1.54) is 17.5 Å². The highest BCUT2D eigenvalue weighted by Gasteiger charge is 2.39. The van der Waals surface area contributed by atoms with E-state index in [9.17, 15) is 35.9 Å². The zero-order chi connectivity index (χ0) is 27.7. The Labute approximate surface area is 218 Å². The van der Waals surface area contributed by atoms with Gasteiger partial charge in [0.15, 0.2) is 16.0 Å². The first-order valence-electron chi connectivity index (χ1n) is 10.3. The van der Waals surface area contributed by atoms with E-state index in [0.717, 1.165) is 30.6 Å². The van der Waals surface area contributed by atoms with Gasteiger partial charge in [-0.1, -0.05) is 29.5 Å². The van der Waals surface area contributed by atoms with Gasteiger partial charge in [0, 0.05) is 16.6 Å². The Kier molecular flexibility index (Phi) is 7.42. The Morgan fingerprint density at radius 3 is 2.24 bits per heavy atom. The molecule has 198 valence electrons. The summed E-state index contributed by atoms with van der Waals surface area (Å²) in [7, 11) is 1.01. The molecule has 0 saturated heterocycles. The minimum absolute atomic E-state index is 0.0495. The van der Waals surface area contributed by atoms with E-state index < -0.39 is 40.4 Å². The number of thiazole rings is 2. The maximum absolute atomic E-state index is 13.7. The monoisotopic (exact) mass is 572 g/mol. The van der Waals surface area contributed by atoms with Crippen LogP contribution in [0.3, 0.4) is 0 Å². The van der Waals surface area contributed by atoms with E-state index in [4.69, 9.17) is 0 Å². The van der Waals surface area contributed by atoms with Crippen LogP contribution >= 0.6 is 22.7 Å². The second-order valence-corrected chi connectivity index (χ2v) is 9.32. The van der Waals surface area contributed by atoms with Crippen LogP contribution in [-0.4, -0.2) is 29.0 Å². The van der Waals surface area contributed by atoms with Crippen LogP contribution in [0.1, 0.15) is 32.0 Å². The molecule has 0 spiro atoms. The molecule has 0 fully saturated rings. The number of methoxy groups -OCH3 is 1. The number of nitrogens with one attached hydrogen (secondary N) is 2. The third kappa shape index (κ3) is 6.11. The van der Waals surface area contributed by atoms with Gasteiger partial charge in [0.1, 0.15) is 0 Å². The van der Waals surface area contributed by atoms with Gasteiger partial charge in [-0.2, -0.15) is 26.3 Å². The number of anilines is 3. The fourth-order valence-electron chi connectivity index (χ4n) is 3.16. The first-order chi connectivity index (χ1) is 17.8. The molecule has 0 aliphatic carbocycles. The number of hydrogen-bond donors (Lipinski definition) is 2. The molecule has 0 radical (unpaired) electrons. The Hall–Kier alpha value is -3.98. The van der Waals surface area contributed by atoms with E-state index in [1.807, 2.05) is 0 Å². The van der Waals surface area contributed by atoms with Crippen molar-refractivity contribution >= 4 is 50.5 Å². The predicted molar refractivity (Wildman–Crippen MR) is 129 cm³/mol. The number of benzene rings is 2. The standard InChI is InChI=1S/C23H14F6N4O3S2/c1-36-19(35)12-7-13(22(24,25)26)9-14(8-12)30-20-31-15(10-37-20)16-17(23(27,28)29)32-21(38-16)33-18(34)11-5-3-2-4-6-11/h2-10H,1H3,(H,30,31)(H,32,33,34). The molecule has 2 heterocycles. The summed E-state index contributed by atoms with van der Waals surface area (Å²) in [6.07, 6.45) is -9.66. The lowest BCUT2D eigenvalue weighted by Gasteiger charge is -2.11. The third-order valence-electron chi connectivity index (χ3n) is 4.82. The lowest BCUT2D eigenvalue weighted by molar-refractivity contribution is -0.140. The lowest BCUT2D eigenvalue weighted by atomic mass is 10.1. The largest absolute Gasteiger partial charge is 0.465 e. The molecule has 7 nitrogen and oxygen atoms in total. The molecule has 0 atom stereocenters. The van der Waals surface area contributed by atoms with Crippen molar-refractivity contribution in [2.45, 2.75) is 12.4 Å². The molecular formula is C23H14F6N4O3S2. The summed E-state index contributed by atoms with van der Waals surface area (Å²) in [4.78, 5) is 31.4. The summed E-state index contributed by atoms with van der Waals surface area (Å²) in [6.45, 7) is 0. The number of carbonyl (C=O) groups is 2. The van der Waals surface area contributed by atoms with Crippen LogP contribution in [-0.2, 0) is 17.1 Å². The third-order valence-corrected chi connectivity index (χ3v) is 6.57. The first-order valence-corrected chi connectivity index (χ1v) is 12.0. The van der Waals surface area contributed by atoms with Crippen molar-refractivity contribution in [3.8, 4) is 10.6 Å². The number of alkyl halides is 6. The van der Waals surface area contributed by atoms with Crippen LogP contribution in [0.5, 0.6) is 0 Å². The van der Waals surface area contributed by atoms with Gasteiger partial charge in [0.05, 0.1) is 28.8 Å². The van der Waals surface area contributed by atoms with Gasteiger partial charge in [0.25, 0.3) is 5.91 Å². The van der Waals surface area contributed by atoms with Crippen LogP contribution in [0.4, 0.5) is 42.3 Å². The summed E-state index contributed by atoms with van der Waals surface area (Å²) in [5.41, 5.74) is -2.94. The molecule has 0 saturated carbocycles. The van der Waals surface area contributed by atoms with Crippen molar-refractivity contribution < 1.29 is 40.7 Å². The number of rotatable bonds is 6. The van der Waals surface area contributed by atoms with E-state index in [2.05, 4.69) is 25.3 Å². The van der Waals surface area contributed by atoms with Crippen molar-refractivity contribution in [1.82, 2.24) is 9.97 Å². The number of amides is 1. The van der Waals surface area contributed by atoms with Crippen LogP contribution < -0.4 is 10.6 Å². The number of nitrogens with zero attached hydrogens (tertiary/aromatic N) is 2. The molecule has 1 amide bonds. The number of halogens is 6. The van der Waals surface area contributed by atoms with Crippen molar-refractivity contribution in [3.05, 3.63) is 76.3 Å². The Morgan fingerprint density at radius 1 is 0.895 bits per heavy atom. The predicted octanol–water partition coefficient (Wildman–Crippen LogP) is 7.09. The normalized spacial score (nSPS) is 11.8. The van der Waals surface area contributed by atoms with E-state index >= 15 is 0 Å². The van der Waals surface area contributed by atoms with E-state index in [0.29, 0.717) is 17.4 Å². The van der Waals surface area contributed by atoms with Crippen molar-refractivity contribution in [2.24, 2.45) is 0 Å².